The van der Waals surface area contributed by atoms with Gasteiger partial charge in [-0.1, -0.05) is 0 Å². The molecule has 2 aliphatic rings. The molecule has 0 bridgehead atoms. The summed E-state index contributed by atoms with van der Waals surface area (Å²) in [4.78, 5) is 37.5. The molecule has 1 aromatic carbocycles. The summed E-state index contributed by atoms with van der Waals surface area (Å²) in [7, 11) is 3.16. The number of amides is 4. The zero-order chi connectivity index (χ0) is 18.0. The highest BCUT2D eigenvalue weighted by atomic mass is 16.5. The Morgan fingerprint density at radius 3 is 2.48 bits per heavy atom. The maximum atomic E-state index is 12.8. The predicted molar refractivity (Wildman–Crippen MR) is 88.4 cm³/mol. The first-order valence-corrected chi connectivity index (χ1v) is 8.14. The fourth-order valence-electron chi connectivity index (χ4n) is 3.21. The van der Waals surface area contributed by atoms with Crippen LogP contribution in [0.2, 0.25) is 0 Å². The Balaban J connectivity index is 1.76. The summed E-state index contributed by atoms with van der Waals surface area (Å²) in [5.41, 5.74) is 2.11. The van der Waals surface area contributed by atoms with Gasteiger partial charge < -0.3 is 19.7 Å². The van der Waals surface area contributed by atoms with E-state index in [0.717, 1.165) is 11.1 Å². The van der Waals surface area contributed by atoms with Gasteiger partial charge in [-0.3, -0.25) is 14.9 Å². The number of hydrogen-bond donors (Lipinski definition) is 2. The molecule has 0 spiro atoms. The molecule has 8 heteroatoms. The van der Waals surface area contributed by atoms with Crippen molar-refractivity contribution in [3.63, 3.8) is 0 Å². The van der Waals surface area contributed by atoms with Gasteiger partial charge in [0.05, 0.1) is 14.2 Å². The van der Waals surface area contributed by atoms with E-state index in [4.69, 9.17) is 9.47 Å². The third-order valence-electron chi connectivity index (χ3n) is 4.55. The summed E-state index contributed by atoms with van der Waals surface area (Å²) < 4.78 is 10.6. The number of carbonyl (C=O) groups is 3. The zero-order valence-corrected chi connectivity index (χ0v) is 14.3. The SMILES string of the molecule is COc1cc2c(cc1OC)CN(C(=O)[C@@H]1CCC(=O)NC(=O)N1)CC2. The highest BCUT2D eigenvalue weighted by Crippen LogP contribution is 2.33. The molecular formula is C17H21N3O5. The van der Waals surface area contributed by atoms with Gasteiger partial charge in [-0.25, -0.2) is 4.79 Å². The Morgan fingerprint density at radius 1 is 1.12 bits per heavy atom. The number of carbonyl (C=O) groups excluding carboxylic acids is 3. The molecule has 25 heavy (non-hydrogen) atoms. The standard InChI is InChI=1S/C17H21N3O5/c1-24-13-7-10-5-6-20(9-11(10)8-14(13)25-2)16(22)12-3-4-15(21)19-17(23)18-12/h7-8,12H,3-6,9H2,1-2H3,(H2,18,19,21,23)/t12-/m0/s1. The van der Waals surface area contributed by atoms with E-state index in [0.29, 0.717) is 37.4 Å². The molecule has 1 saturated heterocycles. The number of ether oxygens (including phenoxy) is 2. The first kappa shape index (κ1) is 17.1. The Kier molecular flexibility index (Phi) is 4.78. The topological polar surface area (TPSA) is 97.0 Å². The van der Waals surface area contributed by atoms with Crippen molar-refractivity contribution in [3.8, 4) is 11.5 Å². The van der Waals surface area contributed by atoms with E-state index in [1.54, 1.807) is 19.1 Å². The smallest absolute Gasteiger partial charge is 0.322 e. The first-order chi connectivity index (χ1) is 12.0. The molecule has 0 radical (unpaired) electrons. The van der Waals surface area contributed by atoms with Gasteiger partial charge in [-0.15, -0.1) is 0 Å². The molecule has 2 heterocycles. The summed E-state index contributed by atoms with van der Waals surface area (Å²) in [6, 6.07) is 2.51. The third-order valence-corrected chi connectivity index (χ3v) is 4.55. The van der Waals surface area contributed by atoms with Gasteiger partial charge in [0.2, 0.25) is 11.8 Å². The third kappa shape index (κ3) is 3.52. The van der Waals surface area contributed by atoms with Crippen molar-refractivity contribution < 1.29 is 23.9 Å². The van der Waals surface area contributed by atoms with E-state index in [2.05, 4.69) is 10.6 Å². The molecule has 8 nitrogen and oxygen atoms in total. The highest BCUT2D eigenvalue weighted by molar-refractivity contribution is 5.98. The number of nitrogens with zero attached hydrogens (tertiary/aromatic N) is 1. The van der Waals surface area contributed by atoms with Crippen molar-refractivity contribution in [1.29, 1.82) is 0 Å². The summed E-state index contributed by atoms with van der Waals surface area (Å²) in [5, 5.41) is 4.75. The molecule has 1 atom stereocenters. The Labute approximate surface area is 145 Å². The van der Waals surface area contributed by atoms with Gasteiger partial charge in [-0.2, -0.15) is 0 Å². The number of fused-ring (bicyclic) bond motifs is 1. The van der Waals surface area contributed by atoms with E-state index >= 15 is 0 Å². The van der Waals surface area contributed by atoms with Crippen LogP contribution in [-0.4, -0.2) is 49.6 Å². The molecule has 4 amide bonds. The van der Waals surface area contributed by atoms with Gasteiger partial charge in [0, 0.05) is 19.5 Å². The van der Waals surface area contributed by atoms with Gasteiger partial charge in [0.1, 0.15) is 6.04 Å². The van der Waals surface area contributed by atoms with E-state index in [9.17, 15) is 14.4 Å². The molecule has 0 saturated carbocycles. The van der Waals surface area contributed by atoms with Gasteiger partial charge in [-0.05, 0) is 36.1 Å². The number of imide groups is 1. The lowest BCUT2D eigenvalue weighted by atomic mass is 9.97. The second kappa shape index (κ2) is 7.00. The second-order valence-corrected chi connectivity index (χ2v) is 6.10. The maximum absolute atomic E-state index is 12.8. The van der Waals surface area contributed by atoms with Crippen LogP contribution in [-0.2, 0) is 22.6 Å². The summed E-state index contributed by atoms with van der Waals surface area (Å²) in [6.45, 7) is 0.983. The number of nitrogens with one attached hydrogen (secondary N) is 2. The average molecular weight is 347 g/mol. The first-order valence-electron chi connectivity index (χ1n) is 8.14. The van der Waals surface area contributed by atoms with Gasteiger partial charge >= 0.3 is 6.03 Å². The van der Waals surface area contributed by atoms with Crippen LogP contribution in [0.3, 0.4) is 0 Å². The minimum atomic E-state index is -0.687. The number of urea groups is 1. The molecule has 0 aliphatic carbocycles. The number of hydrogen-bond acceptors (Lipinski definition) is 5. The second-order valence-electron chi connectivity index (χ2n) is 6.10. The number of benzene rings is 1. The Hall–Kier alpha value is -2.77. The van der Waals surface area contributed by atoms with Crippen LogP contribution >= 0.6 is 0 Å². The fourth-order valence-corrected chi connectivity index (χ4v) is 3.21. The normalized spacial score (nSPS) is 20.1. The van der Waals surface area contributed by atoms with Crippen LogP contribution in [0.5, 0.6) is 11.5 Å². The van der Waals surface area contributed by atoms with Crippen molar-refractivity contribution in [2.45, 2.75) is 31.8 Å². The van der Waals surface area contributed by atoms with Crippen LogP contribution in [0, 0.1) is 0 Å². The minimum absolute atomic E-state index is 0.143. The van der Waals surface area contributed by atoms with E-state index < -0.39 is 12.1 Å². The van der Waals surface area contributed by atoms with E-state index in [1.165, 1.54) is 0 Å². The highest BCUT2D eigenvalue weighted by Gasteiger charge is 2.31. The molecule has 1 aromatic rings. The fraction of sp³-hybridized carbons (Fsp3) is 0.471. The van der Waals surface area contributed by atoms with E-state index in [1.807, 2.05) is 12.1 Å². The molecular weight excluding hydrogens is 326 g/mol. The minimum Gasteiger partial charge on any atom is -0.493 e. The summed E-state index contributed by atoms with van der Waals surface area (Å²) >= 11 is 0. The van der Waals surface area contributed by atoms with E-state index in [-0.39, 0.29) is 18.2 Å². The van der Waals surface area contributed by atoms with Crippen LogP contribution in [0.1, 0.15) is 24.0 Å². The van der Waals surface area contributed by atoms with Crippen molar-refractivity contribution in [2.75, 3.05) is 20.8 Å². The average Bonchev–Trinajstić information content (AvgIpc) is 2.79. The number of rotatable bonds is 3. The van der Waals surface area contributed by atoms with Crippen LogP contribution in [0.25, 0.3) is 0 Å². The zero-order valence-electron chi connectivity index (χ0n) is 14.3. The molecule has 0 unspecified atom stereocenters. The van der Waals surface area contributed by atoms with Crippen LogP contribution in [0.4, 0.5) is 4.79 Å². The maximum Gasteiger partial charge on any atom is 0.322 e. The molecule has 3 rings (SSSR count). The molecule has 2 N–H and O–H groups in total. The summed E-state index contributed by atoms with van der Waals surface area (Å²) in [5.74, 6) is 0.744. The molecule has 1 fully saturated rings. The van der Waals surface area contributed by atoms with Crippen molar-refractivity contribution in [2.24, 2.45) is 0 Å². The molecule has 2 aliphatic heterocycles. The molecule has 134 valence electrons. The van der Waals surface area contributed by atoms with Crippen LogP contribution < -0.4 is 20.1 Å². The summed E-state index contributed by atoms with van der Waals surface area (Å²) in [6.07, 6.45) is 1.13. The Morgan fingerprint density at radius 2 is 1.80 bits per heavy atom. The largest absolute Gasteiger partial charge is 0.493 e. The Bertz CT molecular complexity index is 718. The lowest BCUT2D eigenvalue weighted by Gasteiger charge is -2.32. The van der Waals surface area contributed by atoms with Crippen molar-refractivity contribution in [1.82, 2.24) is 15.5 Å². The predicted octanol–water partition coefficient (Wildman–Crippen LogP) is 0.577. The van der Waals surface area contributed by atoms with Gasteiger partial charge in [0.25, 0.3) is 0 Å². The lowest BCUT2D eigenvalue weighted by molar-refractivity contribution is -0.134. The van der Waals surface area contributed by atoms with Crippen molar-refractivity contribution in [3.05, 3.63) is 23.3 Å². The number of methoxy groups -OCH3 is 2. The monoisotopic (exact) mass is 347 g/mol. The van der Waals surface area contributed by atoms with Gasteiger partial charge in [0.15, 0.2) is 11.5 Å². The quantitative estimate of drug-likeness (QED) is 0.833. The van der Waals surface area contributed by atoms with Crippen LogP contribution in [0.15, 0.2) is 12.1 Å². The van der Waals surface area contributed by atoms with Crippen molar-refractivity contribution >= 4 is 17.8 Å². The molecule has 0 aromatic heterocycles. The lowest BCUT2D eigenvalue weighted by Crippen LogP contribution is -2.50.